The van der Waals surface area contributed by atoms with Crippen molar-refractivity contribution in [1.82, 2.24) is 25.0 Å². The van der Waals surface area contributed by atoms with Crippen molar-refractivity contribution in [2.24, 2.45) is 0 Å². The Morgan fingerprint density at radius 1 is 1.09 bits per heavy atom. The van der Waals surface area contributed by atoms with Crippen LogP contribution in [0.4, 0.5) is 0 Å². The lowest BCUT2D eigenvalue weighted by Gasteiger charge is -2.22. The molecule has 2 heterocycles. The van der Waals surface area contributed by atoms with Gasteiger partial charge in [0.2, 0.25) is 0 Å². The van der Waals surface area contributed by atoms with Gasteiger partial charge in [-0.25, -0.2) is 4.98 Å². The van der Waals surface area contributed by atoms with Gasteiger partial charge in [-0.15, -0.1) is 0 Å². The van der Waals surface area contributed by atoms with E-state index in [1.807, 2.05) is 18.2 Å². The van der Waals surface area contributed by atoms with Crippen LogP contribution < -0.4 is 10.1 Å². The van der Waals surface area contributed by atoms with Crippen LogP contribution in [0, 0.1) is 0 Å². The number of carbonyl (C=O) groups is 1. The van der Waals surface area contributed by atoms with Gasteiger partial charge in [0.05, 0.1) is 6.61 Å². The summed E-state index contributed by atoms with van der Waals surface area (Å²) in [4.78, 5) is 19.3. The predicted octanol–water partition coefficient (Wildman–Crippen LogP) is 4.46. The van der Waals surface area contributed by atoms with Crippen LogP contribution in [-0.4, -0.2) is 51.8 Å². The van der Waals surface area contributed by atoms with Crippen molar-refractivity contribution < 1.29 is 9.53 Å². The standard InChI is InChI=1S/C28H37N5O2/c1-2-13-32-14-4-3-5-16-35-27-11-10-25(28(34)30-12-7-15-33-22-29-21-31-33)19-26(27)18-23-8-6-9-24(17-23)20-32/h6,8-11,17,19,21-22H,2-5,7,12-16,18,20H2,1H3,(H,30,34). The molecule has 7 nitrogen and oxygen atoms in total. The highest BCUT2D eigenvalue weighted by Gasteiger charge is 2.13. The second-order valence-electron chi connectivity index (χ2n) is 9.27. The first-order valence-corrected chi connectivity index (χ1v) is 12.9. The van der Waals surface area contributed by atoms with E-state index in [9.17, 15) is 4.79 Å². The highest BCUT2D eigenvalue weighted by atomic mass is 16.5. The molecule has 7 heteroatoms. The van der Waals surface area contributed by atoms with Gasteiger partial charge in [-0.1, -0.05) is 31.2 Å². The molecular weight excluding hydrogens is 438 g/mol. The molecular formula is C28H37N5O2. The molecule has 0 saturated carbocycles. The first-order valence-electron chi connectivity index (χ1n) is 12.9. The Bertz CT molecular complexity index is 1070. The molecule has 3 aromatic rings. The van der Waals surface area contributed by atoms with Gasteiger partial charge < -0.3 is 10.1 Å². The zero-order valence-corrected chi connectivity index (χ0v) is 20.8. The average Bonchev–Trinajstić information content (AvgIpc) is 3.38. The number of rotatable bonds is 7. The minimum Gasteiger partial charge on any atom is -0.493 e. The topological polar surface area (TPSA) is 72.3 Å². The molecule has 1 aromatic heterocycles. The van der Waals surface area contributed by atoms with E-state index in [-0.39, 0.29) is 5.91 Å². The Hall–Kier alpha value is -3.19. The highest BCUT2D eigenvalue weighted by molar-refractivity contribution is 5.94. The minimum atomic E-state index is -0.0604. The Morgan fingerprint density at radius 3 is 2.86 bits per heavy atom. The molecule has 0 fully saturated rings. The second-order valence-corrected chi connectivity index (χ2v) is 9.27. The molecule has 1 aliphatic rings. The number of carbonyl (C=O) groups excluding carboxylic acids is 1. The van der Waals surface area contributed by atoms with E-state index in [1.165, 1.54) is 30.3 Å². The van der Waals surface area contributed by atoms with Gasteiger partial charge in [0.15, 0.2) is 0 Å². The van der Waals surface area contributed by atoms with Crippen LogP contribution in [0.25, 0.3) is 0 Å². The molecule has 0 radical (unpaired) electrons. The summed E-state index contributed by atoms with van der Waals surface area (Å²) in [6, 6.07) is 14.6. The smallest absolute Gasteiger partial charge is 0.251 e. The summed E-state index contributed by atoms with van der Waals surface area (Å²) in [5.74, 6) is 0.817. The molecule has 35 heavy (non-hydrogen) atoms. The summed E-state index contributed by atoms with van der Waals surface area (Å²) in [7, 11) is 0. The molecule has 1 N–H and O–H groups in total. The maximum absolute atomic E-state index is 12.8. The van der Waals surface area contributed by atoms with Gasteiger partial charge in [0.25, 0.3) is 5.91 Å². The molecule has 1 aliphatic heterocycles. The maximum Gasteiger partial charge on any atom is 0.251 e. The fraction of sp³-hybridized carbons (Fsp3) is 0.464. The quantitative estimate of drug-likeness (QED) is 0.511. The normalized spacial score (nSPS) is 15.0. The van der Waals surface area contributed by atoms with Crippen molar-refractivity contribution in [2.45, 2.75) is 58.5 Å². The number of nitrogens with one attached hydrogen (secondary N) is 1. The van der Waals surface area contributed by atoms with E-state index < -0.39 is 0 Å². The fourth-order valence-electron chi connectivity index (χ4n) is 4.59. The first kappa shape index (κ1) is 24.9. The summed E-state index contributed by atoms with van der Waals surface area (Å²) in [6.07, 6.45) is 9.30. The van der Waals surface area contributed by atoms with Crippen LogP contribution in [0.3, 0.4) is 0 Å². The lowest BCUT2D eigenvalue weighted by atomic mass is 9.99. The summed E-state index contributed by atoms with van der Waals surface area (Å²) >= 11 is 0. The van der Waals surface area contributed by atoms with Gasteiger partial charge in [-0.05, 0) is 80.1 Å². The van der Waals surface area contributed by atoms with Crippen LogP contribution in [0.15, 0.2) is 55.1 Å². The molecule has 0 spiro atoms. The minimum absolute atomic E-state index is 0.0604. The number of aryl methyl sites for hydroxylation is 1. The molecule has 2 bridgehead atoms. The summed E-state index contributed by atoms with van der Waals surface area (Å²) in [6.45, 7) is 7.51. The summed E-state index contributed by atoms with van der Waals surface area (Å²) < 4.78 is 7.96. The van der Waals surface area contributed by atoms with Crippen LogP contribution in [0.2, 0.25) is 0 Å². The van der Waals surface area contributed by atoms with E-state index >= 15 is 0 Å². The van der Waals surface area contributed by atoms with Crippen molar-refractivity contribution in [3.05, 3.63) is 77.4 Å². The average molecular weight is 476 g/mol. The molecule has 1 amide bonds. The van der Waals surface area contributed by atoms with Crippen molar-refractivity contribution in [1.29, 1.82) is 0 Å². The molecule has 0 saturated heterocycles. The number of amides is 1. The number of aromatic nitrogens is 3. The Labute approximate surface area is 208 Å². The number of hydrogen-bond acceptors (Lipinski definition) is 5. The van der Waals surface area contributed by atoms with E-state index in [0.29, 0.717) is 18.7 Å². The largest absolute Gasteiger partial charge is 0.493 e. The van der Waals surface area contributed by atoms with Gasteiger partial charge in [0.1, 0.15) is 18.4 Å². The van der Waals surface area contributed by atoms with E-state index in [4.69, 9.17) is 4.74 Å². The molecule has 0 atom stereocenters. The third kappa shape index (κ3) is 7.65. The van der Waals surface area contributed by atoms with E-state index in [0.717, 1.165) is 63.2 Å². The lowest BCUT2D eigenvalue weighted by molar-refractivity contribution is 0.0952. The highest BCUT2D eigenvalue weighted by Crippen LogP contribution is 2.25. The Balaban J connectivity index is 1.47. The molecule has 0 unspecified atom stereocenters. The fourth-order valence-corrected chi connectivity index (χ4v) is 4.59. The van der Waals surface area contributed by atoms with Crippen LogP contribution in [0.1, 0.15) is 66.1 Å². The SMILES string of the molecule is CCCN1CCCCCOc2ccc(C(=O)NCCCn3cncn3)cc2Cc2cccc(c2)C1. The number of fused-ring (bicyclic) bond motifs is 3. The van der Waals surface area contributed by atoms with Gasteiger partial charge in [-0.2, -0.15) is 5.10 Å². The van der Waals surface area contributed by atoms with Crippen molar-refractivity contribution in [3.8, 4) is 5.75 Å². The molecule has 4 rings (SSSR count). The van der Waals surface area contributed by atoms with E-state index in [2.05, 4.69) is 51.5 Å². The zero-order valence-electron chi connectivity index (χ0n) is 20.8. The van der Waals surface area contributed by atoms with Crippen LogP contribution >= 0.6 is 0 Å². The third-order valence-corrected chi connectivity index (χ3v) is 6.35. The van der Waals surface area contributed by atoms with Crippen LogP contribution in [-0.2, 0) is 19.5 Å². The van der Waals surface area contributed by atoms with Crippen molar-refractivity contribution in [3.63, 3.8) is 0 Å². The lowest BCUT2D eigenvalue weighted by Crippen LogP contribution is -2.25. The Morgan fingerprint density at radius 2 is 2.00 bits per heavy atom. The van der Waals surface area contributed by atoms with Gasteiger partial charge >= 0.3 is 0 Å². The molecule has 2 aromatic carbocycles. The predicted molar refractivity (Wildman–Crippen MR) is 138 cm³/mol. The van der Waals surface area contributed by atoms with Crippen LogP contribution in [0.5, 0.6) is 5.75 Å². The van der Waals surface area contributed by atoms with Gasteiger partial charge in [0, 0.05) is 31.6 Å². The van der Waals surface area contributed by atoms with E-state index in [1.54, 1.807) is 11.0 Å². The van der Waals surface area contributed by atoms with Gasteiger partial charge in [-0.3, -0.25) is 14.4 Å². The summed E-state index contributed by atoms with van der Waals surface area (Å²) in [5, 5.41) is 7.12. The Kier molecular flexibility index (Phi) is 9.29. The first-order chi connectivity index (χ1) is 17.2. The zero-order chi connectivity index (χ0) is 24.3. The third-order valence-electron chi connectivity index (χ3n) is 6.35. The number of nitrogens with zero attached hydrogens (tertiary/aromatic N) is 4. The summed E-state index contributed by atoms with van der Waals surface area (Å²) in [5.41, 5.74) is 4.31. The number of hydrogen-bond donors (Lipinski definition) is 1. The monoisotopic (exact) mass is 475 g/mol. The van der Waals surface area contributed by atoms with Crippen molar-refractivity contribution in [2.75, 3.05) is 26.2 Å². The second kappa shape index (κ2) is 13.0. The van der Waals surface area contributed by atoms with Crippen molar-refractivity contribution >= 4 is 5.91 Å². The molecule has 0 aliphatic carbocycles. The number of ether oxygens (including phenoxy) is 1. The maximum atomic E-state index is 12.8. The molecule has 186 valence electrons. The number of benzene rings is 2.